The molecule has 5 nitrogen and oxygen atoms in total. The highest BCUT2D eigenvalue weighted by atomic mass is 16.5. The minimum absolute atomic E-state index is 0.0892. The SMILES string of the molecule is COC(=O)[C@]1(CN(Cc2ccccc2)C(=O)CN)CC(C)=C(C)C[C@H]1c1ccccc1. The first kappa shape index (κ1) is 22.8. The summed E-state index contributed by atoms with van der Waals surface area (Å²) in [5.41, 5.74) is 9.43. The molecular formula is C26H32N2O3. The van der Waals surface area contributed by atoms with Crippen molar-refractivity contribution in [2.75, 3.05) is 20.2 Å². The van der Waals surface area contributed by atoms with Gasteiger partial charge < -0.3 is 15.4 Å². The minimum atomic E-state index is -0.876. The van der Waals surface area contributed by atoms with Crippen molar-refractivity contribution in [2.24, 2.45) is 11.1 Å². The molecule has 0 aromatic heterocycles. The van der Waals surface area contributed by atoms with Crippen molar-refractivity contribution >= 4 is 11.9 Å². The Kier molecular flexibility index (Phi) is 7.29. The lowest BCUT2D eigenvalue weighted by atomic mass is 9.62. The van der Waals surface area contributed by atoms with Gasteiger partial charge >= 0.3 is 5.97 Å². The Hall–Kier alpha value is -2.92. The number of ether oxygens (including phenoxy) is 1. The molecule has 0 heterocycles. The summed E-state index contributed by atoms with van der Waals surface area (Å²) in [5.74, 6) is -0.548. The Bertz CT molecular complexity index is 940. The molecule has 3 rings (SSSR count). The molecule has 2 atom stereocenters. The molecule has 0 radical (unpaired) electrons. The summed E-state index contributed by atoms with van der Waals surface area (Å²) < 4.78 is 5.36. The standard InChI is InChI=1S/C26H32N2O3/c1-19-14-23(22-12-8-5-9-13-22)26(15-20(19)2,25(30)31-3)18-28(24(29)16-27)17-21-10-6-4-7-11-21/h4-13,23H,14-18,27H2,1-3H3/t23-,26-/m0/s1. The van der Waals surface area contributed by atoms with E-state index in [0.29, 0.717) is 13.0 Å². The molecule has 0 bridgehead atoms. The highest BCUT2D eigenvalue weighted by molar-refractivity contribution is 5.82. The Labute approximate surface area is 184 Å². The number of esters is 1. The maximum atomic E-state index is 13.4. The monoisotopic (exact) mass is 420 g/mol. The van der Waals surface area contributed by atoms with E-state index in [9.17, 15) is 9.59 Å². The number of amides is 1. The van der Waals surface area contributed by atoms with Crippen molar-refractivity contribution < 1.29 is 14.3 Å². The van der Waals surface area contributed by atoms with Crippen LogP contribution in [0.25, 0.3) is 0 Å². The normalized spacial score (nSPS) is 21.0. The predicted octanol–water partition coefficient (Wildman–Crippen LogP) is 4.05. The molecule has 2 aromatic carbocycles. The van der Waals surface area contributed by atoms with Gasteiger partial charge in [0.25, 0.3) is 0 Å². The summed E-state index contributed by atoms with van der Waals surface area (Å²) in [6, 6.07) is 19.9. The first-order valence-electron chi connectivity index (χ1n) is 10.7. The van der Waals surface area contributed by atoms with Crippen LogP contribution in [0.2, 0.25) is 0 Å². The Balaban J connectivity index is 2.08. The van der Waals surface area contributed by atoms with Gasteiger partial charge in [-0.05, 0) is 37.8 Å². The van der Waals surface area contributed by atoms with Crippen molar-refractivity contribution in [3.63, 3.8) is 0 Å². The van der Waals surface area contributed by atoms with Crippen LogP contribution in [0.1, 0.15) is 43.7 Å². The lowest BCUT2D eigenvalue weighted by molar-refractivity contribution is -0.157. The summed E-state index contributed by atoms with van der Waals surface area (Å²) in [5, 5.41) is 0. The van der Waals surface area contributed by atoms with Gasteiger partial charge in [-0.2, -0.15) is 0 Å². The molecule has 2 N–H and O–H groups in total. The molecule has 5 heteroatoms. The fourth-order valence-corrected chi connectivity index (χ4v) is 4.70. The third kappa shape index (κ3) is 4.88. The molecule has 0 fully saturated rings. The lowest BCUT2D eigenvalue weighted by Crippen LogP contribution is -2.51. The van der Waals surface area contributed by atoms with Gasteiger partial charge in [-0.1, -0.05) is 71.8 Å². The van der Waals surface area contributed by atoms with Crippen LogP contribution >= 0.6 is 0 Å². The van der Waals surface area contributed by atoms with Crippen LogP contribution in [-0.4, -0.2) is 37.0 Å². The summed E-state index contributed by atoms with van der Waals surface area (Å²) in [6.07, 6.45) is 1.30. The van der Waals surface area contributed by atoms with Crippen LogP contribution in [-0.2, 0) is 20.9 Å². The van der Waals surface area contributed by atoms with Crippen LogP contribution in [0, 0.1) is 5.41 Å². The Morgan fingerprint density at radius 2 is 1.65 bits per heavy atom. The molecule has 0 spiro atoms. The molecule has 0 saturated heterocycles. The van der Waals surface area contributed by atoms with Crippen molar-refractivity contribution in [2.45, 2.75) is 39.2 Å². The third-order valence-corrected chi connectivity index (χ3v) is 6.50. The Morgan fingerprint density at radius 1 is 1.03 bits per heavy atom. The molecule has 164 valence electrons. The number of hydrogen-bond acceptors (Lipinski definition) is 4. The summed E-state index contributed by atoms with van der Waals surface area (Å²) in [6.45, 7) is 4.75. The van der Waals surface area contributed by atoms with Crippen molar-refractivity contribution in [1.82, 2.24) is 4.90 Å². The van der Waals surface area contributed by atoms with E-state index in [1.807, 2.05) is 48.5 Å². The van der Waals surface area contributed by atoms with Gasteiger partial charge in [0.1, 0.15) is 0 Å². The van der Waals surface area contributed by atoms with E-state index in [2.05, 4.69) is 26.0 Å². The summed E-state index contributed by atoms with van der Waals surface area (Å²) >= 11 is 0. The van der Waals surface area contributed by atoms with E-state index in [1.165, 1.54) is 18.3 Å². The third-order valence-electron chi connectivity index (χ3n) is 6.50. The Morgan fingerprint density at radius 3 is 2.23 bits per heavy atom. The fourth-order valence-electron chi connectivity index (χ4n) is 4.70. The maximum absolute atomic E-state index is 13.4. The van der Waals surface area contributed by atoms with E-state index in [4.69, 9.17) is 10.5 Å². The van der Waals surface area contributed by atoms with E-state index in [1.54, 1.807) is 4.90 Å². The highest BCUT2D eigenvalue weighted by Gasteiger charge is 2.51. The molecule has 0 aliphatic heterocycles. The van der Waals surface area contributed by atoms with Crippen LogP contribution in [0.15, 0.2) is 71.8 Å². The second-order valence-corrected chi connectivity index (χ2v) is 8.49. The van der Waals surface area contributed by atoms with Gasteiger partial charge in [-0.15, -0.1) is 0 Å². The van der Waals surface area contributed by atoms with Crippen molar-refractivity contribution in [1.29, 1.82) is 0 Å². The second kappa shape index (κ2) is 9.92. The van der Waals surface area contributed by atoms with E-state index in [0.717, 1.165) is 17.5 Å². The van der Waals surface area contributed by atoms with Crippen LogP contribution < -0.4 is 5.73 Å². The van der Waals surface area contributed by atoms with Gasteiger partial charge in [0.2, 0.25) is 5.91 Å². The van der Waals surface area contributed by atoms with Gasteiger partial charge in [0, 0.05) is 19.0 Å². The van der Waals surface area contributed by atoms with E-state index >= 15 is 0 Å². The summed E-state index contributed by atoms with van der Waals surface area (Å²) in [4.78, 5) is 28.0. The van der Waals surface area contributed by atoms with E-state index in [-0.39, 0.29) is 30.9 Å². The molecule has 31 heavy (non-hydrogen) atoms. The first-order valence-corrected chi connectivity index (χ1v) is 10.7. The van der Waals surface area contributed by atoms with Gasteiger partial charge in [-0.25, -0.2) is 0 Å². The van der Waals surface area contributed by atoms with Crippen LogP contribution in [0.5, 0.6) is 0 Å². The van der Waals surface area contributed by atoms with Crippen LogP contribution in [0.3, 0.4) is 0 Å². The molecule has 2 aromatic rings. The number of benzene rings is 2. The number of nitrogens with two attached hydrogens (primary N) is 1. The number of carbonyl (C=O) groups is 2. The number of rotatable bonds is 7. The predicted molar refractivity (Wildman–Crippen MR) is 122 cm³/mol. The van der Waals surface area contributed by atoms with E-state index < -0.39 is 5.41 Å². The minimum Gasteiger partial charge on any atom is -0.469 e. The number of allylic oxidation sites excluding steroid dienone is 2. The molecule has 0 unspecified atom stereocenters. The average Bonchev–Trinajstić information content (AvgIpc) is 2.80. The number of carbonyl (C=O) groups excluding carboxylic acids is 2. The second-order valence-electron chi connectivity index (χ2n) is 8.49. The topological polar surface area (TPSA) is 72.6 Å². The quantitative estimate of drug-likeness (QED) is 0.542. The zero-order valence-electron chi connectivity index (χ0n) is 18.6. The van der Waals surface area contributed by atoms with Gasteiger partial charge in [0.15, 0.2) is 0 Å². The zero-order chi connectivity index (χ0) is 22.4. The largest absolute Gasteiger partial charge is 0.469 e. The van der Waals surface area contributed by atoms with Crippen molar-refractivity contribution in [3.8, 4) is 0 Å². The molecule has 1 amide bonds. The molecular weight excluding hydrogens is 388 g/mol. The number of nitrogens with zero attached hydrogens (tertiary/aromatic N) is 1. The first-order chi connectivity index (χ1) is 14.9. The maximum Gasteiger partial charge on any atom is 0.314 e. The van der Waals surface area contributed by atoms with Crippen molar-refractivity contribution in [3.05, 3.63) is 82.9 Å². The van der Waals surface area contributed by atoms with Crippen LogP contribution in [0.4, 0.5) is 0 Å². The van der Waals surface area contributed by atoms with Gasteiger partial charge in [-0.3, -0.25) is 9.59 Å². The highest BCUT2D eigenvalue weighted by Crippen LogP contribution is 2.50. The zero-order valence-corrected chi connectivity index (χ0v) is 18.6. The van der Waals surface area contributed by atoms with Gasteiger partial charge in [0.05, 0.1) is 19.1 Å². The smallest absolute Gasteiger partial charge is 0.314 e. The lowest BCUT2D eigenvalue weighted by Gasteiger charge is -2.45. The fraction of sp³-hybridized carbons (Fsp3) is 0.385. The number of hydrogen-bond donors (Lipinski definition) is 1. The number of methoxy groups -OCH3 is 1. The molecule has 1 aliphatic rings. The molecule has 0 saturated carbocycles. The summed E-state index contributed by atoms with van der Waals surface area (Å²) in [7, 11) is 1.43. The molecule has 1 aliphatic carbocycles. The average molecular weight is 421 g/mol.